The minimum absolute atomic E-state index is 0.0312. The summed E-state index contributed by atoms with van der Waals surface area (Å²) in [7, 11) is 0. The van der Waals surface area contributed by atoms with Crippen LogP contribution in [-0.2, 0) is 4.74 Å². The van der Waals surface area contributed by atoms with Crippen LogP contribution in [0.25, 0.3) is 0 Å². The fourth-order valence-electron chi connectivity index (χ4n) is 1.78. The highest BCUT2D eigenvalue weighted by atomic mass is 16.5. The second kappa shape index (κ2) is 6.01. The van der Waals surface area contributed by atoms with Crippen LogP contribution < -0.4 is 0 Å². The molecule has 2 atom stereocenters. The Balaban J connectivity index is 2.33. The molecule has 1 aliphatic carbocycles. The third kappa shape index (κ3) is 3.80. The topological polar surface area (TPSA) is 29.5 Å². The van der Waals surface area contributed by atoms with Crippen molar-refractivity contribution >= 4 is 0 Å². The summed E-state index contributed by atoms with van der Waals surface area (Å²) in [5.41, 5.74) is 0. The Bertz CT molecular complexity index is 171. The Kier molecular flexibility index (Phi) is 4.88. The van der Waals surface area contributed by atoms with Crippen LogP contribution in [0.1, 0.15) is 38.5 Å². The molecule has 0 spiro atoms. The van der Waals surface area contributed by atoms with E-state index in [4.69, 9.17) is 11.2 Å². The van der Waals surface area contributed by atoms with Gasteiger partial charge in [-0.25, -0.2) is 0 Å². The molecule has 1 aliphatic rings. The summed E-state index contributed by atoms with van der Waals surface area (Å²) in [6.45, 7) is 0.321. The first-order chi connectivity index (χ1) is 6.34. The zero-order valence-corrected chi connectivity index (χ0v) is 8.04. The molecule has 1 N–H and O–H groups in total. The molecule has 1 saturated carbocycles. The third-order valence-corrected chi connectivity index (χ3v) is 2.55. The predicted octanol–water partition coefficient (Wildman–Crippen LogP) is 1.72. The maximum atomic E-state index is 9.71. The van der Waals surface area contributed by atoms with Gasteiger partial charge in [-0.15, -0.1) is 6.42 Å². The van der Waals surface area contributed by atoms with Crippen LogP contribution in [0.15, 0.2) is 0 Å². The fraction of sp³-hybridized carbons (Fsp3) is 0.818. The lowest BCUT2D eigenvalue weighted by atomic mass is 9.96. The number of hydrogen-bond donors (Lipinski definition) is 1. The Morgan fingerprint density at radius 2 is 1.92 bits per heavy atom. The van der Waals surface area contributed by atoms with Gasteiger partial charge in [0.15, 0.2) is 0 Å². The first kappa shape index (κ1) is 10.6. The van der Waals surface area contributed by atoms with Gasteiger partial charge in [-0.05, 0) is 12.8 Å². The molecule has 2 heteroatoms. The molecule has 2 unspecified atom stereocenters. The number of aliphatic hydroxyl groups is 1. The van der Waals surface area contributed by atoms with E-state index in [1.807, 2.05) is 0 Å². The van der Waals surface area contributed by atoms with Crippen LogP contribution in [0.2, 0.25) is 0 Å². The fourth-order valence-corrected chi connectivity index (χ4v) is 1.78. The Morgan fingerprint density at radius 1 is 1.23 bits per heavy atom. The van der Waals surface area contributed by atoms with Crippen LogP contribution in [0.5, 0.6) is 0 Å². The van der Waals surface area contributed by atoms with Gasteiger partial charge >= 0.3 is 0 Å². The second-order valence-corrected chi connectivity index (χ2v) is 3.61. The maximum absolute atomic E-state index is 9.71. The average Bonchev–Trinajstić information content (AvgIpc) is 2.11. The van der Waals surface area contributed by atoms with Crippen molar-refractivity contribution < 1.29 is 9.84 Å². The standard InChI is InChI=1S/C11H18O2/c1-2-9-13-11-8-6-4-3-5-7-10(11)12/h1,10-12H,3-9H2. The van der Waals surface area contributed by atoms with Gasteiger partial charge in [0.2, 0.25) is 0 Å². The van der Waals surface area contributed by atoms with Crippen molar-refractivity contribution in [1.82, 2.24) is 0 Å². The molecular formula is C11H18O2. The molecule has 0 amide bonds. The molecule has 0 aliphatic heterocycles. The highest BCUT2D eigenvalue weighted by Crippen LogP contribution is 2.19. The highest BCUT2D eigenvalue weighted by Gasteiger charge is 2.20. The first-order valence-corrected chi connectivity index (χ1v) is 5.07. The number of rotatable bonds is 2. The van der Waals surface area contributed by atoms with Gasteiger partial charge in [0.05, 0.1) is 12.2 Å². The van der Waals surface area contributed by atoms with Crippen molar-refractivity contribution in [2.45, 2.75) is 50.7 Å². The van der Waals surface area contributed by atoms with Crippen LogP contribution in [-0.4, -0.2) is 23.9 Å². The molecular weight excluding hydrogens is 164 g/mol. The molecule has 0 heterocycles. The van der Waals surface area contributed by atoms with Gasteiger partial charge in [0.25, 0.3) is 0 Å². The van der Waals surface area contributed by atoms with Crippen molar-refractivity contribution in [2.24, 2.45) is 0 Å². The van der Waals surface area contributed by atoms with Gasteiger partial charge in [-0.2, -0.15) is 0 Å². The van der Waals surface area contributed by atoms with E-state index in [9.17, 15) is 5.11 Å². The van der Waals surface area contributed by atoms with Crippen LogP contribution in [0, 0.1) is 12.3 Å². The van der Waals surface area contributed by atoms with Gasteiger partial charge in [0, 0.05) is 0 Å². The summed E-state index contributed by atoms with van der Waals surface area (Å²) >= 11 is 0. The van der Waals surface area contributed by atoms with E-state index in [2.05, 4.69) is 5.92 Å². The second-order valence-electron chi connectivity index (χ2n) is 3.61. The number of terminal acetylenes is 1. The normalized spacial score (nSPS) is 30.2. The number of hydrogen-bond acceptors (Lipinski definition) is 2. The zero-order valence-electron chi connectivity index (χ0n) is 8.04. The van der Waals surface area contributed by atoms with Crippen molar-refractivity contribution in [3.63, 3.8) is 0 Å². The molecule has 0 aromatic carbocycles. The zero-order chi connectivity index (χ0) is 9.52. The van der Waals surface area contributed by atoms with E-state index in [0.29, 0.717) is 6.61 Å². The molecule has 0 saturated heterocycles. The van der Waals surface area contributed by atoms with Crippen LogP contribution in [0.4, 0.5) is 0 Å². The Hall–Kier alpha value is -0.520. The quantitative estimate of drug-likeness (QED) is 0.659. The van der Waals surface area contributed by atoms with Crippen molar-refractivity contribution in [1.29, 1.82) is 0 Å². The van der Waals surface area contributed by atoms with E-state index in [1.165, 1.54) is 12.8 Å². The van der Waals surface area contributed by atoms with Crippen LogP contribution >= 0.6 is 0 Å². The van der Waals surface area contributed by atoms with E-state index < -0.39 is 0 Å². The third-order valence-electron chi connectivity index (χ3n) is 2.55. The molecule has 2 nitrogen and oxygen atoms in total. The van der Waals surface area contributed by atoms with Gasteiger partial charge in [0.1, 0.15) is 6.61 Å². The summed E-state index contributed by atoms with van der Waals surface area (Å²) in [5.74, 6) is 2.44. The SMILES string of the molecule is C#CCOC1CCCCCCC1O. The van der Waals surface area contributed by atoms with E-state index in [0.717, 1.165) is 25.7 Å². The largest absolute Gasteiger partial charge is 0.390 e. The molecule has 0 radical (unpaired) electrons. The first-order valence-electron chi connectivity index (χ1n) is 5.07. The lowest BCUT2D eigenvalue weighted by molar-refractivity contribution is -0.0374. The van der Waals surface area contributed by atoms with E-state index in [-0.39, 0.29) is 12.2 Å². The Morgan fingerprint density at radius 3 is 2.62 bits per heavy atom. The maximum Gasteiger partial charge on any atom is 0.107 e. The molecule has 13 heavy (non-hydrogen) atoms. The van der Waals surface area contributed by atoms with Crippen molar-refractivity contribution in [3.05, 3.63) is 0 Å². The minimum atomic E-state index is -0.311. The number of ether oxygens (including phenoxy) is 1. The minimum Gasteiger partial charge on any atom is -0.390 e. The molecule has 0 aromatic heterocycles. The molecule has 0 bridgehead atoms. The summed E-state index contributed by atoms with van der Waals surface area (Å²) in [6.07, 6.45) is 11.3. The van der Waals surface area contributed by atoms with Gasteiger partial charge in [-0.3, -0.25) is 0 Å². The smallest absolute Gasteiger partial charge is 0.107 e. The molecule has 1 rings (SSSR count). The van der Waals surface area contributed by atoms with E-state index >= 15 is 0 Å². The predicted molar refractivity (Wildman–Crippen MR) is 52.3 cm³/mol. The molecule has 1 fully saturated rings. The highest BCUT2D eigenvalue weighted by molar-refractivity contribution is 4.84. The number of aliphatic hydroxyl groups excluding tert-OH is 1. The average molecular weight is 182 g/mol. The van der Waals surface area contributed by atoms with Crippen molar-refractivity contribution in [2.75, 3.05) is 6.61 Å². The monoisotopic (exact) mass is 182 g/mol. The lowest BCUT2D eigenvalue weighted by Gasteiger charge is -2.24. The van der Waals surface area contributed by atoms with E-state index in [1.54, 1.807) is 0 Å². The van der Waals surface area contributed by atoms with Gasteiger partial charge in [-0.1, -0.05) is 31.6 Å². The summed E-state index contributed by atoms with van der Waals surface area (Å²) in [4.78, 5) is 0. The van der Waals surface area contributed by atoms with Crippen molar-refractivity contribution in [3.8, 4) is 12.3 Å². The molecule has 74 valence electrons. The van der Waals surface area contributed by atoms with Crippen LogP contribution in [0.3, 0.4) is 0 Å². The Labute approximate surface area is 80.3 Å². The summed E-state index contributed by atoms with van der Waals surface area (Å²) in [5, 5.41) is 9.71. The summed E-state index contributed by atoms with van der Waals surface area (Å²) < 4.78 is 5.39. The lowest BCUT2D eigenvalue weighted by Crippen LogP contribution is -2.30. The van der Waals surface area contributed by atoms with Gasteiger partial charge < -0.3 is 9.84 Å². The summed E-state index contributed by atoms with van der Waals surface area (Å²) in [6, 6.07) is 0. The molecule has 0 aromatic rings.